The first-order chi connectivity index (χ1) is 14.9. The van der Waals surface area contributed by atoms with Crippen LogP contribution in [0.3, 0.4) is 0 Å². The quantitative estimate of drug-likeness (QED) is 0.423. The van der Waals surface area contributed by atoms with Crippen LogP contribution in [0.25, 0.3) is 0 Å². The second-order valence-electron chi connectivity index (χ2n) is 7.88. The molecule has 3 rings (SSSR count). The van der Waals surface area contributed by atoms with Crippen LogP contribution in [-0.2, 0) is 26.0 Å². The Morgan fingerprint density at radius 3 is 2.53 bits per heavy atom. The highest BCUT2D eigenvalue weighted by atomic mass is 35.5. The minimum Gasteiger partial charge on any atom is -0.489 e. The van der Waals surface area contributed by atoms with Crippen LogP contribution in [-0.4, -0.2) is 47.7 Å². The maximum atomic E-state index is 13.3. The minimum absolute atomic E-state index is 0.00244. The zero-order valence-electron chi connectivity index (χ0n) is 17.3. The first kappa shape index (κ1) is 24.4. The molecule has 1 fully saturated rings. The molecule has 0 spiro atoms. The maximum absolute atomic E-state index is 13.3. The van der Waals surface area contributed by atoms with Crippen LogP contribution in [0, 0.1) is 5.82 Å². The molecule has 0 aliphatic carbocycles. The molecular formula is C21H23ClFNO7S. The highest BCUT2D eigenvalue weighted by Crippen LogP contribution is 2.41. The molecule has 1 aliphatic heterocycles. The Kier molecular flexibility index (Phi) is 6.83. The lowest BCUT2D eigenvalue weighted by atomic mass is 9.79. The summed E-state index contributed by atoms with van der Waals surface area (Å²) < 4.78 is 50.8. The van der Waals surface area contributed by atoms with Crippen LogP contribution in [0.5, 0.6) is 5.75 Å². The van der Waals surface area contributed by atoms with Gasteiger partial charge in [-0.1, -0.05) is 17.7 Å². The fourth-order valence-corrected chi connectivity index (χ4v) is 6.01. The number of sulfone groups is 1. The number of rotatable bonds is 6. The van der Waals surface area contributed by atoms with Gasteiger partial charge in [0.15, 0.2) is 15.4 Å². The molecule has 1 aliphatic rings. The lowest BCUT2D eigenvalue weighted by Crippen LogP contribution is -2.71. The second-order valence-corrected chi connectivity index (χ2v) is 10.4. The van der Waals surface area contributed by atoms with E-state index in [9.17, 15) is 22.7 Å². The third-order valence-corrected chi connectivity index (χ3v) is 8.22. The van der Waals surface area contributed by atoms with Gasteiger partial charge < -0.3 is 14.6 Å². The van der Waals surface area contributed by atoms with Gasteiger partial charge in [-0.25, -0.2) is 18.3 Å². The molecule has 174 valence electrons. The summed E-state index contributed by atoms with van der Waals surface area (Å²) in [6.45, 7) is 2.79. The SMILES string of the molecule is CC1(C)OCCC(S(=O)(=O)c2ccc(OCc3ccc(F)cc3Cl)cc2)C1(O)C(=O)NO. The van der Waals surface area contributed by atoms with E-state index in [1.807, 2.05) is 0 Å². The number of amides is 1. The molecule has 0 saturated carbocycles. The number of carbonyl (C=O) groups is 1. The summed E-state index contributed by atoms with van der Waals surface area (Å²) in [5.41, 5.74) is -2.21. The van der Waals surface area contributed by atoms with E-state index < -0.39 is 38.0 Å². The summed E-state index contributed by atoms with van der Waals surface area (Å²) in [4.78, 5) is 12.2. The molecule has 1 amide bonds. The molecule has 32 heavy (non-hydrogen) atoms. The normalized spacial score (nSPS) is 22.9. The standard InChI is InChI=1S/C21H23ClFNO7S/c1-20(2)21(26,19(25)24-27)18(9-10-31-20)32(28,29)16-7-5-15(6-8-16)30-12-13-3-4-14(23)11-17(13)22/h3-8,11,18,26-27H,9-10,12H2,1-2H3,(H,24,25). The van der Waals surface area contributed by atoms with E-state index in [2.05, 4.69) is 0 Å². The van der Waals surface area contributed by atoms with Crippen molar-refractivity contribution in [1.29, 1.82) is 0 Å². The molecule has 1 saturated heterocycles. The van der Waals surface area contributed by atoms with Crippen molar-refractivity contribution in [2.45, 2.75) is 48.2 Å². The van der Waals surface area contributed by atoms with E-state index in [0.717, 1.165) is 6.07 Å². The topological polar surface area (TPSA) is 122 Å². The van der Waals surface area contributed by atoms with E-state index in [4.69, 9.17) is 26.3 Å². The Balaban J connectivity index is 1.84. The molecular weight excluding hydrogens is 465 g/mol. The number of hydrogen-bond acceptors (Lipinski definition) is 7. The second kappa shape index (κ2) is 8.95. The average Bonchev–Trinajstić information content (AvgIpc) is 2.74. The van der Waals surface area contributed by atoms with Crippen molar-refractivity contribution in [1.82, 2.24) is 5.48 Å². The molecule has 8 nitrogen and oxygen atoms in total. The van der Waals surface area contributed by atoms with Gasteiger partial charge in [0.1, 0.15) is 29.0 Å². The van der Waals surface area contributed by atoms with Crippen molar-refractivity contribution >= 4 is 27.3 Å². The molecule has 11 heteroatoms. The highest BCUT2D eigenvalue weighted by Gasteiger charge is 2.62. The number of hydrogen-bond donors (Lipinski definition) is 3. The van der Waals surface area contributed by atoms with Gasteiger partial charge in [-0.2, -0.15) is 0 Å². The Labute approximate surface area is 189 Å². The Bertz CT molecular complexity index is 1110. The number of carbonyl (C=O) groups excluding carboxylic acids is 1. The van der Waals surface area contributed by atoms with E-state index in [0.29, 0.717) is 11.3 Å². The van der Waals surface area contributed by atoms with Gasteiger partial charge in [0.05, 0.1) is 9.92 Å². The molecule has 1 heterocycles. The predicted octanol–water partition coefficient (Wildman–Crippen LogP) is 2.64. The molecule has 3 N–H and O–H groups in total. The summed E-state index contributed by atoms with van der Waals surface area (Å²) in [7, 11) is -4.21. The van der Waals surface area contributed by atoms with Crippen molar-refractivity contribution in [3.63, 3.8) is 0 Å². The van der Waals surface area contributed by atoms with Gasteiger partial charge in [-0.05, 0) is 56.7 Å². The lowest BCUT2D eigenvalue weighted by Gasteiger charge is -2.48. The Morgan fingerprint density at radius 2 is 1.94 bits per heavy atom. The van der Waals surface area contributed by atoms with Gasteiger partial charge in [-0.15, -0.1) is 0 Å². The Morgan fingerprint density at radius 1 is 1.28 bits per heavy atom. The zero-order valence-corrected chi connectivity index (χ0v) is 18.9. The van der Waals surface area contributed by atoms with E-state index in [-0.39, 0.29) is 29.6 Å². The third-order valence-electron chi connectivity index (χ3n) is 5.61. The molecule has 2 aromatic rings. The van der Waals surface area contributed by atoms with E-state index in [1.165, 1.54) is 55.7 Å². The molecule has 0 aromatic heterocycles. The number of benzene rings is 2. The molecule has 2 unspecified atom stereocenters. The van der Waals surface area contributed by atoms with Crippen molar-refractivity contribution in [2.24, 2.45) is 0 Å². The molecule has 2 atom stereocenters. The summed E-state index contributed by atoms with van der Waals surface area (Å²) in [6.07, 6.45) is -0.156. The summed E-state index contributed by atoms with van der Waals surface area (Å²) >= 11 is 5.97. The molecule has 2 aromatic carbocycles. The number of halogens is 2. The predicted molar refractivity (Wildman–Crippen MR) is 113 cm³/mol. The fraction of sp³-hybridized carbons (Fsp3) is 0.381. The van der Waals surface area contributed by atoms with Crippen LogP contribution in [0.1, 0.15) is 25.8 Å². The van der Waals surface area contributed by atoms with Gasteiger partial charge in [0.2, 0.25) is 0 Å². The van der Waals surface area contributed by atoms with Gasteiger partial charge in [-0.3, -0.25) is 10.0 Å². The average molecular weight is 488 g/mol. The third kappa shape index (κ3) is 4.33. The minimum atomic E-state index is -4.21. The number of ether oxygens (including phenoxy) is 2. The van der Waals surface area contributed by atoms with Crippen molar-refractivity contribution < 1.29 is 37.4 Å². The maximum Gasteiger partial charge on any atom is 0.279 e. The Hall–Kier alpha value is -2.24. The van der Waals surface area contributed by atoms with Crippen molar-refractivity contribution in [3.8, 4) is 5.75 Å². The smallest absolute Gasteiger partial charge is 0.279 e. The first-order valence-corrected chi connectivity index (χ1v) is 11.6. The summed E-state index contributed by atoms with van der Waals surface area (Å²) in [5.74, 6) is -1.41. The highest BCUT2D eigenvalue weighted by molar-refractivity contribution is 7.92. The molecule has 0 bridgehead atoms. The van der Waals surface area contributed by atoms with Gasteiger partial charge in [0, 0.05) is 12.2 Å². The van der Waals surface area contributed by atoms with Gasteiger partial charge in [0.25, 0.3) is 5.91 Å². The van der Waals surface area contributed by atoms with E-state index in [1.54, 1.807) is 0 Å². The van der Waals surface area contributed by atoms with Crippen LogP contribution in [0.4, 0.5) is 4.39 Å². The van der Waals surface area contributed by atoms with Crippen LogP contribution in [0.15, 0.2) is 47.4 Å². The number of hydroxylamine groups is 1. The fourth-order valence-electron chi connectivity index (χ4n) is 3.70. The zero-order chi connectivity index (χ0) is 23.7. The monoisotopic (exact) mass is 487 g/mol. The van der Waals surface area contributed by atoms with Crippen molar-refractivity contribution in [3.05, 3.63) is 58.9 Å². The van der Waals surface area contributed by atoms with Crippen LogP contribution < -0.4 is 10.2 Å². The molecule has 0 radical (unpaired) electrons. The summed E-state index contributed by atoms with van der Waals surface area (Å²) in [5, 5.41) is 18.8. The van der Waals surface area contributed by atoms with Crippen LogP contribution >= 0.6 is 11.6 Å². The van der Waals surface area contributed by atoms with Crippen molar-refractivity contribution in [2.75, 3.05) is 6.61 Å². The van der Waals surface area contributed by atoms with E-state index >= 15 is 0 Å². The number of nitrogens with one attached hydrogen (secondary N) is 1. The first-order valence-electron chi connectivity index (χ1n) is 9.65. The summed E-state index contributed by atoms with van der Waals surface area (Å²) in [6, 6.07) is 9.30. The van der Waals surface area contributed by atoms with Gasteiger partial charge >= 0.3 is 0 Å². The van der Waals surface area contributed by atoms with Crippen LogP contribution in [0.2, 0.25) is 5.02 Å². The number of aliphatic hydroxyl groups is 1. The largest absolute Gasteiger partial charge is 0.489 e. The lowest BCUT2D eigenvalue weighted by molar-refractivity contribution is -0.205.